The molecule has 0 aliphatic heterocycles. The van der Waals surface area contributed by atoms with Crippen molar-refractivity contribution in [2.24, 2.45) is 0 Å². The van der Waals surface area contributed by atoms with E-state index in [0.29, 0.717) is 6.92 Å². The Balaban J connectivity index is 0. The predicted molar refractivity (Wildman–Crippen MR) is 61.2 cm³/mol. The average Bonchev–Trinajstić information content (AvgIpc) is 2.35. The molecule has 0 aromatic heterocycles. The van der Waals surface area contributed by atoms with Gasteiger partial charge in [0.05, 0.1) is 0 Å². The minimum absolute atomic E-state index is 0. The Morgan fingerprint density at radius 1 is 0.692 bits per heavy atom. The van der Waals surface area contributed by atoms with Gasteiger partial charge in [-0.25, -0.2) is 0 Å². The maximum Gasteiger partial charge on any atom is 0.438 e. The average molecular weight is 441 g/mol. The Bertz CT molecular complexity index is 603. The van der Waals surface area contributed by atoms with Crippen LogP contribution in [0.4, 0.5) is 52.7 Å². The van der Waals surface area contributed by atoms with Crippen molar-refractivity contribution in [3.63, 3.8) is 0 Å². The number of halogens is 12. The van der Waals surface area contributed by atoms with E-state index in [9.17, 15) is 61.1 Å². The minimum Gasteiger partial charge on any atom is -0.344 e. The second kappa shape index (κ2) is 6.88. The smallest absolute Gasteiger partial charge is 0.344 e. The lowest BCUT2D eigenvalue weighted by Crippen LogP contribution is -2.71. The molecule has 0 atom stereocenters. The molecule has 0 aromatic rings. The first-order valence-electron chi connectivity index (χ1n) is 5.80. The van der Waals surface area contributed by atoms with Gasteiger partial charge in [-0.3, -0.25) is 4.55 Å². The van der Waals surface area contributed by atoms with E-state index in [0.717, 1.165) is 0 Å². The highest BCUT2D eigenvalue weighted by Gasteiger charge is 2.91. The molecule has 0 aliphatic carbocycles. The van der Waals surface area contributed by atoms with Crippen molar-refractivity contribution >= 4 is 10.1 Å². The van der Waals surface area contributed by atoms with Crippen LogP contribution in [-0.4, -0.2) is 47.8 Å². The van der Waals surface area contributed by atoms with Crippen LogP contribution in [0.25, 0.3) is 0 Å². The van der Waals surface area contributed by atoms with Crippen LogP contribution in [0.3, 0.4) is 0 Å². The lowest BCUT2D eigenvalue weighted by Gasteiger charge is -2.40. The van der Waals surface area contributed by atoms with Crippen LogP contribution in [-0.2, 0) is 10.1 Å². The topological polar surface area (TPSA) is 89.4 Å². The van der Waals surface area contributed by atoms with Crippen molar-refractivity contribution in [1.29, 1.82) is 0 Å². The molecule has 160 valence electrons. The van der Waals surface area contributed by atoms with Gasteiger partial charge in [0, 0.05) is 6.42 Å². The molecule has 0 saturated heterocycles. The van der Waals surface area contributed by atoms with Gasteiger partial charge in [0.1, 0.15) is 0 Å². The molecule has 0 radical (unpaired) electrons. The fraction of sp³-hybridized carbons (Fsp3) is 1.00. The third-order valence-corrected chi connectivity index (χ3v) is 3.80. The Hall–Kier alpha value is -0.970. The molecule has 0 saturated carbocycles. The van der Waals surface area contributed by atoms with Crippen LogP contribution in [0.5, 0.6) is 0 Å². The third kappa shape index (κ3) is 3.44. The van der Waals surface area contributed by atoms with Crippen LogP contribution in [0.2, 0.25) is 0 Å². The predicted octanol–water partition coefficient (Wildman–Crippen LogP) is 4.61. The van der Waals surface area contributed by atoms with Crippen molar-refractivity contribution in [1.82, 2.24) is 6.15 Å². The molecule has 0 bridgehead atoms. The highest BCUT2D eigenvalue weighted by molar-refractivity contribution is 7.87. The van der Waals surface area contributed by atoms with E-state index in [-0.39, 0.29) is 6.15 Å². The zero-order chi connectivity index (χ0) is 20.9. The Morgan fingerprint density at radius 3 is 1.27 bits per heavy atom. The summed E-state index contributed by atoms with van der Waals surface area (Å²) >= 11 is 0. The molecule has 0 rings (SSSR count). The first kappa shape index (κ1) is 27.3. The second-order valence-corrected chi connectivity index (χ2v) is 6.21. The molecule has 17 heteroatoms. The summed E-state index contributed by atoms with van der Waals surface area (Å²) in [4.78, 5) is 0. The molecule has 0 heterocycles. The van der Waals surface area contributed by atoms with E-state index in [2.05, 4.69) is 0 Å². The first-order chi connectivity index (χ1) is 10.6. The zero-order valence-corrected chi connectivity index (χ0v) is 13.1. The number of alkyl halides is 12. The Kier molecular flexibility index (Phi) is 7.21. The van der Waals surface area contributed by atoms with Gasteiger partial charge in [-0.15, -0.1) is 0 Å². The van der Waals surface area contributed by atoms with Crippen molar-refractivity contribution in [3.8, 4) is 0 Å². The molecule has 26 heavy (non-hydrogen) atoms. The van der Waals surface area contributed by atoms with Gasteiger partial charge in [-0.2, -0.15) is 61.1 Å². The zero-order valence-electron chi connectivity index (χ0n) is 12.3. The van der Waals surface area contributed by atoms with Gasteiger partial charge in [0.25, 0.3) is 0 Å². The molecular formula is C9H11F12NO3S. The van der Waals surface area contributed by atoms with Crippen molar-refractivity contribution in [3.05, 3.63) is 0 Å². The molecule has 0 amide bonds. The SMILES string of the molecule is CCCC(F)(F)C(F)(F)C(F)(F)C(F)(F)C(F)(F)C(F)(F)S(=O)(=O)O.N. The van der Waals surface area contributed by atoms with E-state index in [1.807, 2.05) is 0 Å². The van der Waals surface area contributed by atoms with E-state index < -0.39 is 57.8 Å². The maximum absolute atomic E-state index is 13.1. The van der Waals surface area contributed by atoms with Gasteiger partial charge in [-0.05, 0) is 0 Å². The maximum atomic E-state index is 13.1. The van der Waals surface area contributed by atoms with Crippen molar-refractivity contribution < 1.29 is 65.7 Å². The van der Waals surface area contributed by atoms with Gasteiger partial charge in [0.15, 0.2) is 0 Å². The Labute approximate surface area is 137 Å². The monoisotopic (exact) mass is 441 g/mol. The van der Waals surface area contributed by atoms with Crippen LogP contribution in [0, 0.1) is 0 Å². The summed E-state index contributed by atoms with van der Waals surface area (Å²) in [7, 11) is -7.52. The summed E-state index contributed by atoms with van der Waals surface area (Å²) in [6.45, 7) is 0.696. The summed E-state index contributed by atoms with van der Waals surface area (Å²) in [5, 5.41) is -7.40. The molecule has 0 spiro atoms. The van der Waals surface area contributed by atoms with Crippen molar-refractivity contribution in [2.75, 3.05) is 0 Å². The van der Waals surface area contributed by atoms with Gasteiger partial charge >= 0.3 is 45.0 Å². The summed E-state index contributed by atoms with van der Waals surface area (Å²) in [6, 6.07) is 0. The van der Waals surface area contributed by atoms with Crippen LogP contribution < -0.4 is 6.15 Å². The number of hydrogen-bond donors (Lipinski definition) is 2. The van der Waals surface area contributed by atoms with E-state index in [4.69, 9.17) is 4.55 Å². The molecular weight excluding hydrogens is 430 g/mol. The molecule has 4 N–H and O–H groups in total. The molecule has 0 aliphatic rings. The molecule has 4 nitrogen and oxygen atoms in total. The second-order valence-electron chi connectivity index (χ2n) is 4.74. The van der Waals surface area contributed by atoms with Gasteiger partial charge < -0.3 is 6.15 Å². The largest absolute Gasteiger partial charge is 0.438 e. The molecule has 0 fully saturated rings. The number of hydrogen-bond acceptors (Lipinski definition) is 3. The quantitative estimate of drug-likeness (QED) is 0.426. The summed E-state index contributed by atoms with van der Waals surface area (Å²) < 4.78 is 184. The number of rotatable bonds is 8. The van der Waals surface area contributed by atoms with Crippen LogP contribution in [0.15, 0.2) is 0 Å². The van der Waals surface area contributed by atoms with Crippen LogP contribution >= 0.6 is 0 Å². The highest BCUT2D eigenvalue weighted by atomic mass is 32.2. The fourth-order valence-corrected chi connectivity index (χ4v) is 1.89. The van der Waals surface area contributed by atoms with E-state index in [1.54, 1.807) is 0 Å². The van der Waals surface area contributed by atoms with Crippen molar-refractivity contribution in [2.45, 2.75) is 54.6 Å². The third-order valence-electron chi connectivity index (χ3n) is 2.90. The van der Waals surface area contributed by atoms with Crippen LogP contribution in [0.1, 0.15) is 19.8 Å². The first-order valence-corrected chi connectivity index (χ1v) is 7.24. The molecule has 0 unspecified atom stereocenters. The lowest BCUT2D eigenvalue weighted by atomic mass is 9.92. The minimum atomic E-state index is -8.01. The fourth-order valence-electron chi connectivity index (χ4n) is 1.44. The summed E-state index contributed by atoms with van der Waals surface area (Å²) in [5.74, 6) is -37.1. The molecule has 0 aromatic carbocycles. The summed E-state index contributed by atoms with van der Waals surface area (Å²) in [5.41, 5.74) is 0. The van der Waals surface area contributed by atoms with Gasteiger partial charge in [-0.1, -0.05) is 13.3 Å². The van der Waals surface area contributed by atoms with E-state index >= 15 is 0 Å². The van der Waals surface area contributed by atoms with E-state index in [1.165, 1.54) is 0 Å². The summed E-state index contributed by atoms with van der Waals surface area (Å²) in [6.07, 6.45) is -3.24. The normalized spacial score (nSPS) is 15.6. The standard InChI is InChI=1S/C9H8F12O3S.H3N/c1-2-3-4(10,11)5(12,13)6(14,15)7(16,17)8(18,19)9(20,21)25(22,23)24;/h2-3H2,1H3,(H,22,23,24);1H3. The highest BCUT2D eigenvalue weighted by Crippen LogP contribution is 2.61. The lowest BCUT2D eigenvalue weighted by molar-refractivity contribution is -0.417. The Morgan fingerprint density at radius 2 is 1.00 bits per heavy atom. The van der Waals surface area contributed by atoms with Gasteiger partial charge in [0.2, 0.25) is 0 Å².